The lowest BCUT2D eigenvalue weighted by Gasteiger charge is -2.15. The largest absolute Gasteiger partial charge is 0.423 e. The molecule has 0 aliphatic heterocycles. The summed E-state index contributed by atoms with van der Waals surface area (Å²) in [6.45, 7) is 9.50. The first-order valence-electron chi connectivity index (χ1n) is 12.1. The minimum atomic E-state index is -0.329. The Morgan fingerprint density at radius 1 is 0.806 bits per heavy atom. The van der Waals surface area contributed by atoms with Gasteiger partial charge in [0.05, 0.1) is 11.7 Å². The van der Waals surface area contributed by atoms with Gasteiger partial charge in [-0.15, -0.1) is 0 Å². The molecule has 0 aromatic heterocycles. The summed E-state index contributed by atoms with van der Waals surface area (Å²) in [7, 11) is 0. The molecule has 2 atom stereocenters. The first-order chi connectivity index (χ1) is 15.1. The molecule has 0 bridgehead atoms. The molecule has 0 fully saturated rings. The fraction of sp³-hybridized carbons (Fsp3) is 0.536. The molecular formula is C28H40O3. The molecule has 0 radical (unpaired) electrons. The van der Waals surface area contributed by atoms with Crippen molar-refractivity contribution in [1.82, 2.24) is 0 Å². The van der Waals surface area contributed by atoms with E-state index in [-0.39, 0.29) is 12.1 Å². The maximum Gasteiger partial charge on any atom is 0.343 e. The van der Waals surface area contributed by atoms with Crippen LogP contribution in [-0.4, -0.2) is 12.6 Å². The second-order valence-corrected chi connectivity index (χ2v) is 8.40. The molecule has 0 heterocycles. The molecule has 2 aromatic carbocycles. The molecule has 3 nitrogen and oxygen atoms in total. The Kier molecular flexibility index (Phi) is 11.4. The highest BCUT2D eigenvalue weighted by Crippen LogP contribution is 2.27. The van der Waals surface area contributed by atoms with Crippen LogP contribution >= 0.6 is 0 Å². The molecule has 0 spiro atoms. The van der Waals surface area contributed by atoms with Gasteiger partial charge in [0.25, 0.3) is 0 Å². The molecule has 31 heavy (non-hydrogen) atoms. The number of carbonyl (C=O) groups is 1. The third-order valence-electron chi connectivity index (χ3n) is 5.92. The van der Waals surface area contributed by atoms with Crippen LogP contribution in [-0.2, 0) is 4.74 Å². The summed E-state index contributed by atoms with van der Waals surface area (Å²) in [5.41, 5.74) is 2.95. The van der Waals surface area contributed by atoms with E-state index in [9.17, 15) is 4.79 Å². The number of esters is 1. The summed E-state index contributed by atoms with van der Waals surface area (Å²) in [5, 5.41) is 0. The smallest absolute Gasteiger partial charge is 0.343 e. The monoisotopic (exact) mass is 424 g/mol. The molecule has 3 heteroatoms. The highest BCUT2D eigenvalue weighted by atomic mass is 16.5. The summed E-state index contributed by atoms with van der Waals surface area (Å²) in [6, 6.07) is 15.5. The van der Waals surface area contributed by atoms with Gasteiger partial charge in [-0.25, -0.2) is 4.79 Å². The Bertz CT molecular complexity index is 749. The predicted octanol–water partition coefficient (Wildman–Crippen LogP) is 8.25. The molecule has 0 saturated carbocycles. The fourth-order valence-electron chi connectivity index (χ4n) is 3.88. The third kappa shape index (κ3) is 8.49. The van der Waals surface area contributed by atoms with E-state index in [0.717, 1.165) is 25.0 Å². The molecule has 0 amide bonds. The average molecular weight is 425 g/mol. The molecular weight excluding hydrogens is 384 g/mol. The first kappa shape index (κ1) is 25.1. The Labute approximate surface area is 189 Å². The van der Waals surface area contributed by atoms with Crippen LogP contribution in [0.15, 0.2) is 48.5 Å². The fourth-order valence-corrected chi connectivity index (χ4v) is 3.88. The summed E-state index contributed by atoms with van der Waals surface area (Å²) in [5.74, 6) is 0.830. The van der Waals surface area contributed by atoms with Crippen molar-refractivity contribution in [1.29, 1.82) is 0 Å². The standard InChI is InChI=1S/C28H40O3/c1-5-8-9-10-11-21-30-22(4)24-13-15-26(16-14-24)28(29)31-27-19-17-25(18-20-27)23(7-3)12-6-2/h13-20,22-23H,5-12,21H2,1-4H3. The lowest BCUT2D eigenvalue weighted by molar-refractivity contribution is 0.0626. The van der Waals surface area contributed by atoms with E-state index in [0.29, 0.717) is 17.2 Å². The van der Waals surface area contributed by atoms with Crippen LogP contribution in [0.1, 0.15) is 113 Å². The number of rotatable bonds is 14. The minimum absolute atomic E-state index is 0.0263. The van der Waals surface area contributed by atoms with Crippen LogP contribution in [0.4, 0.5) is 0 Å². The van der Waals surface area contributed by atoms with E-state index >= 15 is 0 Å². The second-order valence-electron chi connectivity index (χ2n) is 8.40. The number of ether oxygens (including phenoxy) is 2. The number of unbranched alkanes of at least 4 members (excludes halogenated alkanes) is 4. The van der Waals surface area contributed by atoms with Gasteiger partial charge in [0.2, 0.25) is 0 Å². The number of benzene rings is 2. The lowest BCUT2D eigenvalue weighted by Crippen LogP contribution is -2.09. The molecule has 0 N–H and O–H groups in total. The Balaban J connectivity index is 1.84. The molecule has 170 valence electrons. The Morgan fingerprint density at radius 2 is 1.45 bits per heavy atom. The lowest BCUT2D eigenvalue weighted by atomic mass is 9.92. The molecule has 0 saturated heterocycles. The number of hydrogen-bond acceptors (Lipinski definition) is 3. The average Bonchev–Trinajstić information content (AvgIpc) is 2.80. The quantitative estimate of drug-likeness (QED) is 0.174. The zero-order valence-corrected chi connectivity index (χ0v) is 19.9. The minimum Gasteiger partial charge on any atom is -0.423 e. The van der Waals surface area contributed by atoms with Crippen molar-refractivity contribution in [3.63, 3.8) is 0 Å². The van der Waals surface area contributed by atoms with Gasteiger partial charge in [0.1, 0.15) is 5.75 Å². The van der Waals surface area contributed by atoms with Gasteiger partial charge < -0.3 is 9.47 Å². The van der Waals surface area contributed by atoms with Gasteiger partial charge in [-0.05, 0) is 67.5 Å². The normalized spacial score (nSPS) is 13.0. The van der Waals surface area contributed by atoms with E-state index in [1.165, 1.54) is 44.1 Å². The van der Waals surface area contributed by atoms with Crippen LogP contribution < -0.4 is 4.74 Å². The zero-order valence-electron chi connectivity index (χ0n) is 19.9. The van der Waals surface area contributed by atoms with Gasteiger partial charge in [-0.3, -0.25) is 0 Å². The van der Waals surface area contributed by atoms with Crippen LogP contribution in [0.2, 0.25) is 0 Å². The van der Waals surface area contributed by atoms with Crippen molar-refractivity contribution in [3.8, 4) is 5.75 Å². The molecule has 2 unspecified atom stereocenters. The van der Waals surface area contributed by atoms with Gasteiger partial charge in [-0.1, -0.05) is 77.1 Å². The molecule has 2 aromatic rings. The first-order valence-corrected chi connectivity index (χ1v) is 12.1. The highest BCUT2D eigenvalue weighted by Gasteiger charge is 2.12. The van der Waals surface area contributed by atoms with E-state index in [4.69, 9.17) is 9.47 Å². The van der Waals surface area contributed by atoms with Crippen molar-refractivity contribution in [2.24, 2.45) is 0 Å². The van der Waals surface area contributed by atoms with E-state index in [1.807, 2.05) is 36.4 Å². The van der Waals surface area contributed by atoms with E-state index < -0.39 is 0 Å². The molecule has 2 rings (SSSR count). The molecule has 0 aliphatic rings. The molecule has 0 aliphatic carbocycles. The summed E-state index contributed by atoms with van der Waals surface area (Å²) in [4.78, 5) is 12.5. The zero-order chi connectivity index (χ0) is 22.5. The van der Waals surface area contributed by atoms with Crippen LogP contribution in [0, 0.1) is 0 Å². The Hall–Kier alpha value is -2.13. The van der Waals surface area contributed by atoms with Crippen molar-refractivity contribution >= 4 is 5.97 Å². The number of carbonyl (C=O) groups excluding carboxylic acids is 1. The summed E-state index contributed by atoms with van der Waals surface area (Å²) >= 11 is 0. The topological polar surface area (TPSA) is 35.5 Å². The van der Waals surface area contributed by atoms with Gasteiger partial charge in [0, 0.05) is 6.61 Å². The second kappa shape index (κ2) is 14.0. The van der Waals surface area contributed by atoms with Gasteiger partial charge >= 0.3 is 5.97 Å². The highest BCUT2D eigenvalue weighted by molar-refractivity contribution is 5.91. The van der Waals surface area contributed by atoms with Crippen molar-refractivity contribution < 1.29 is 14.3 Å². The van der Waals surface area contributed by atoms with Crippen LogP contribution in [0.5, 0.6) is 5.75 Å². The van der Waals surface area contributed by atoms with E-state index in [2.05, 4.69) is 39.8 Å². The Morgan fingerprint density at radius 3 is 2.06 bits per heavy atom. The third-order valence-corrected chi connectivity index (χ3v) is 5.92. The maximum absolute atomic E-state index is 12.5. The van der Waals surface area contributed by atoms with Crippen molar-refractivity contribution in [2.45, 2.75) is 91.1 Å². The maximum atomic E-state index is 12.5. The van der Waals surface area contributed by atoms with Crippen molar-refractivity contribution in [3.05, 3.63) is 65.2 Å². The number of hydrogen-bond donors (Lipinski definition) is 0. The summed E-state index contributed by atoms with van der Waals surface area (Å²) in [6.07, 6.45) is 9.68. The van der Waals surface area contributed by atoms with E-state index in [1.54, 1.807) is 0 Å². The van der Waals surface area contributed by atoms with Crippen LogP contribution in [0.3, 0.4) is 0 Å². The van der Waals surface area contributed by atoms with Crippen molar-refractivity contribution in [2.75, 3.05) is 6.61 Å². The summed E-state index contributed by atoms with van der Waals surface area (Å²) < 4.78 is 11.5. The predicted molar refractivity (Wildman–Crippen MR) is 129 cm³/mol. The van der Waals surface area contributed by atoms with Crippen LogP contribution in [0.25, 0.3) is 0 Å². The SMILES string of the molecule is CCCCCCCOC(C)c1ccc(C(=O)Oc2ccc(C(CC)CCC)cc2)cc1. The van der Waals surface area contributed by atoms with Gasteiger partial charge in [0.15, 0.2) is 0 Å². The van der Waals surface area contributed by atoms with Gasteiger partial charge in [-0.2, -0.15) is 0 Å².